The highest BCUT2D eigenvalue weighted by atomic mass is 79.9. The maximum atomic E-state index is 3.54. The molecule has 0 aliphatic heterocycles. The van der Waals surface area contributed by atoms with Crippen LogP contribution in [0.1, 0.15) is 25.8 Å². The van der Waals surface area contributed by atoms with Crippen LogP contribution in [0.5, 0.6) is 0 Å². The third kappa shape index (κ3) is 3.28. The molecule has 0 radical (unpaired) electrons. The lowest BCUT2D eigenvalue weighted by molar-refractivity contribution is 0.391. The third-order valence-corrected chi connectivity index (χ3v) is 4.28. The second-order valence-electron chi connectivity index (χ2n) is 3.93. The Balaban J connectivity index is 2.36. The van der Waals surface area contributed by atoms with E-state index >= 15 is 0 Å². The second kappa shape index (κ2) is 4.43. The summed E-state index contributed by atoms with van der Waals surface area (Å²) >= 11 is 5.32. The van der Waals surface area contributed by atoms with Gasteiger partial charge < -0.3 is 0 Å². The number of aryl methyl sites for hydroxylation is 1. The van der Waals surface area contributed by atoms with E-state index in [1.165, 1.54) is 18.4 Å². The minimum absolute atomic E-state index is 0.432. The van der Waals surface area contributed by atoms with E-state index in [9.17, 15) is 0 Å². The SMILES string of the molecule is CC(C)(CBr)CCc1ccsc1. The highest BCUT2D eigenvalue weighted by molar-refractivity contribution is 9.09. The third-order valence-electron chi connectivity index (χ3n) is 2.03. The van der Waals surface area contributed by atoms with Gasteiger partial charge in [0.2, 0.25) is 0 Å². The molecule has 0 aromatic carbocycles. The fraction of sp³-hybridized carbons (Fsp3) is 0.600. The van der Waals surface area contributed by atoms with Crippen molar-refractivity contribution in [2.75, 3.05) is 5.33 Å². The van der Waals surface area contributed by atoms with Crippen LogP contribution < -0.4 is 0 Å². The summed E-state index contributed by atoms with van der Waals surface area (Å²) < 4.78 is 0. The van der Waals surface area contributed by atoms with E-state index in [1.807, 2.05) is 0 Å². The first-order valence-electron chi connectivity index (χ1n) is 4.21. The fourth-order valence-corrected chi connectivity index (χ4v) is 1.97. The molecular weight excluding hydrogens is 232 g/mol. The minimum atomic E-state index is 0.432. The lowest BCUT2D eigenvalue weighted by Crippen LogP contribution is -2.13. The molecule has 0 saturated carbocycles. The molecule has 0 atom stereocenters. The lowest BCUT2D eigenvalue weighted by Gasteiger charge is -2.20. The molecule has 0 bridgehead atoms. The molecule has 0 spiro atoms. The number of rotatable bonds is 4. The van der Waals surface area contributed by atoms with Crippen molar-refractivity contribution in [1.82, 2.24) is 0 Å². The molecule has 2 heteroatoms. The van der Waals surface area contributed by atoms with E-state index < -0.39 is 0 Å². The van der Waals surface area contributed by atoms with Crippen molar-refractivity contribution in [2.24, 2.45) is 5.41 Å². The first-order chi connectivity index (χ1) is 5.64. The van der Waals surface area contributed by atoms with Crippen molar-refractivity contribution in [3.63, 3.8) is 0 Å². The summed E-state index contributed by atoms with van der Waals surface area (Å²) in [5.41, 5.74) is 1.91. The molecule has 12 heavy (non-hydrogen) atoms. The number of halogens is 1. The summed E-state index contributed by atoms with van der Waals surface area (Å²) in [6.45, 7) is 4.60. The molecule has 0 nitrogen and oxygen atoms in total. The zero-order valence-corrected chi connectivity index (χ0v) is 10.0. The standard InChI is InChI=1S/C10H15BrS/c1-10(2,8-11)5-3-9-4-6-12-7-9/h4,6-7H,3,5,8H2,1-2H3. The first kappa shape index (κ1) is 10.3. The fourth-order valence-electron chi connectivity index (χ4n) is 0.984. The minimum Gasteiger partial charge on any atom is -0.152 e. The maximum Gasteiger partial charge on any atom is 0.00828 e. The molecule has 68 valence electrons. The zero-order chi connectivity index (χ0) is 9.03. The van der Waals surface area contributed by atoms with Gasteiger partial charge in [-0.2, -0.15) is 11.3 Å². The van der Waals surface area contributed by atoms with E-state index in [4.69, 9.17) is 0 Å². The summed E-state index contributed by atoms with van der Waals surface area (Å²) in [7, 11) is 0. The van der Waals surface area contributed by atoms with Crippen LogP contribution in [0, 0.1) is 5.41 Å². The number of hydrogen-bond acceptors (Lipinski definition) is 1. The van der Waals surface area contributed by atoms with Gasteiger partial charge in [0.05, 0.1) is 0 Å². The van der Waals surface area contributed by atoms with Crippen LogP contribution in [0.4, 0.5) is 0 Å². The van der Waals surface area contributed by atoms with Gasteiger partial charge in [0.1, 0.15) is 0 Å². The van der Waals surface area contributed by atoms with Crippen molar-refractivity contribution in [3.8, 4) is 0 Å². The monoisotopic (exact) mass is 246 g/mol. The van der Waals surface area contributed by atoms with Gasteiger partial charge in [-0.05, 0) is 40.6 Å². The van der Waals surface area contributed by atoms with E-state index in [2.05, 4.69) is 46.6 Å². The Morgan fingerprint density at radius 3 is 2.75 bits per heavy atom. The smallest absolute Gasteiger partial charge is 0.00828 e. The van der Waals surface area contributed by atoms with Crippen molar-refractivity contribution in [2.45, 2.75) is 26.7 Å². The summed E-state index contributed by atoms with van der Waals surface area (Å²) in [6.07, 6.45) is 2.47. The van der Waals surface area contributed by atoms with Crippen molar-refractivity contribution >= 4 is 27.3 Å². The number of hydrogen-bond donors (Lipinski definition) is 0. The van der Waals surface area contributed by atoms with Crippen LogP contribution in [-0.4, -0.2) is 5.33 Å². The molecule has 1 aromatic heterocycles. The van der Waals surface area contributed by atoms with E-state index in [0.717, 1.165) is 5.33 Å². The highest BCUT2D eigenvalue weighted by Gasteiger charge is 2.15. The molecule has 1 aromatic rings. The molecule has 0 aliphatic carbocycles. The van der Waals surface area contributed by atoms with Crippen LogP contribution in [0.15, 0.2) is 16.8 Å². The topological polar surface area (TPSA) is 0 Å². The lowest BCUT2D eigenvalue weighted by atomic mass is 9.89. The molecular formula is C10H15BrS. The molecule has 1 heterocycles. The van der Waals surface area contributed by atoms with Gasteiger partial charge in [0.15, 0.2) is 0 Å². The predicted molar refractivity (Wildman–Crippen MR) is 60.2 cm³/mol. The van der Waals surface area contributed by atoms with Crippen LogP contribution in [0.2, 0.25) is 0 Å². The molecule has 0 fully saturated rings. The van der Waals surface area contributed by atoms with E-state index in [1.54, 1.807) is 11.3 Å². The predicted octanol–water partition coefficient (Wildman–Crippen LogP) is 4.10. The van der Waals surface area contributed by atoms with Gasteiger partial charge in [0.25, 0.3) is 0 Å². The first-order valence-corrected chi connectivity index (χ1v) is 6.27. The molecule has 0 unspecified atom stereocenters. The zero-order valence-electron chi connectivity index (χ0n) is 7.64. The Bertz CT molecular complexity index is 214. The van der Waals surface area contributed by atoms with E-state index in [0.29, 0.717) is 5.41 Å². The van der Waals surface area contributed by atoms with Crippen molar-refractivity contribution in [1.29, 1.82) is 0 Å². The summed E-state index contributed by atoms with van der Waals surface area (Å²) in [5.74, 6) is 0. The largest absolute Gasteiger partial charge is 0.152 e. The van der Waals surface area contributed by atoms with Crippen molar-refractivity contribution < 1.29 is 0 Å². The van der Waals surface area contributed by atoms with E-state index in [-0.39, 0.29) is 0 Å². The van der Waals surface area contributed by atoms with Gasteiger partial charge in [-0.25, -0.2) is 0 Å². The molecule has 0 amide bonds. The Morgan fingerprint density at radius 2 is 2.25 bits per heavy atom. The second-order valence-corrected chi connectivity index (χ2v) is 5.27. The molecule has 1 rings (SSSR count). The summed E-state index contributed by atoms with van der Waals surface area (Å²) in [4.78, 5) is 0. The average molecular weight is 247 g/mol. The highest BCUT2D eigenvalue weighted by Crippen LogP contribution is 2.25. The number of thiophene rings is 1. The Labute approximate surface area is 87.1 Å². The molecule has 0 aliphatic rings. The number of alkyl halides is 1. The normalized spacial score (nSPS) is 11.9. The summed E-state index contributed by atoms with van der Waals surface area (Å²) in [6, 6.07) is 2.22. The quantitative estimate of drug-likeness (QED) is 0.702. The Kier molecular flexibility index (Phi) is 3.78. The Morgan fingerprint density at radius 1 is 1.50 bits per heavy atom. The van der Waals surface area contributed by atoms with Gasteiger partial charge in [-0.15, -0.1) is 0 Å². The van der Waals surface area contributed by atoms with Crippen molar-refractivity contribution in [3.05, 3.63) is 22.4 Å². The van der Waals surface area contributed by atoms with Crippen LogP contribution in [0.3, 0.4) is 0 Å². The molecule has 0 saturated heterocycles. The Hall–Kier alpha value is 0.180. The maximum absolute atomic E-state index is 3.54. The van der Waals surface area contributed by atoms with Crippen LogP contribution in [-0.2, 0) is 6.42 Å². The van der Waals surface area contributed by atoms with Crippen LogP contribution >= 0.6 is 27.3 Å². The summed E-state index contributed by atoms with van der Waals surface area (Å²) in [5, 5.41) is 5.48. The van der Waals surface area contributed by atoms with Gasteiger partial charge >= 0.3 is 0 Å². The van der Waals surface area contributed by atoms with Gasteiger partial charge in [-0.1, -0.05) is 29.8 Å². The molecule has 0 N–H and O–H groups in total. The van der Waals surface area contributed by atoms with Gasteiger partial charge in [0, 0.05) is 5.33 Å². The van der Waals surface area contributed by atoms with Crippen LogP contribution in [0.25, 0.3) is 0 Å². The van der Waals surface area contributed by atoms with Gasteiger partial charge in [-0.3, -0.25) is 0 Å². The average Bonchev–Trinajstić information content (AvgIpc) is 2.53.